The Morgan fingerprint density at radius 2 is 1.76 bits per heavy atom. The van der Waals surface area contributed by atoms with Crippen LogP contribution in [0.3, 0.4) is 0 Å². The Morgan fingerprint density at radius 1 is 1.12 bits per heavy atom. The van der Waals surface area contributed by atoms with Gasteiger partial charge < -0.3 is 13.7 Å². The molecule has 1 saturated heterocycles. The molecule has 0 amide bonds. The average molecular weight is 485 g/mol. The first kappa shape index (κ1) is 25.4. The van der Waals surface area contributed by atoms with E-state index in [2.05, 4.69) is 90.8 Å². The lowest BCUT2D eigenvalue weighted by molar-refractivity contribution is -0.199. The maximum Gasteiger partial charge on any atom is 0.489 e. The number of benzene rings is 1. The summed E-state index contributed by atoms with van der Waals surface area (Å²) in [7, 11) is -4.07. The van der Waals surface area contributed by atoms with Gasteiger partial charge in [-0.25, -0.2) is 0 Å². The molecule has 2 bridgehead atoms. The lowest BCUT2D eigenvalue weighted by Crippen LogP contribution is -2.65. The van der Waals surface area contributed by atoms with Crippen molar-refractivity contribution in [1.82, 2.24) is 0 Å². The average Bonchev–Trinajstić information content (AvgIpc) is 3.09. The summed E-state index contributed by atoms with van der Waals surface area (Å²) in [5, 5.41) is 1.44. The minimum atomic E-state index is -1.99. The minimum absolute atomic E-state index is 0.138. The van der Waals surface area contributed by atoms with Crippen molar-refractivity contribution in [2.75, 3.05) is 0 Å². The van der Waals surface area contributed by atoms with Gasteiger partial charge in [-0.3, -0.25) is 0 Å². The molecule has 1 heterocycles. The quantitative estimate of drug-likeness (QED) is 0.398. The molecule has 0 unspecified atom stereocenters. The highest BCUT2D eigenvalue weighted by molar-refractivity contribution is 6.92. The van der Waals surface area contributed by atoms with E-state index in [0.29, 0.717) is 11.3 Å². The van der Waals surface area contributed by atoms with Crippen molar-refractivity contribution in [1.29, 1.82) is 0 Å². The molecule has 182 valence electrons. The molecule has 1 aliphatic heterocycles. The molecular formula is C27H45BO3Si2. The molecule has 5 rings (SSSR count). The second kappa shape index (κ2) is 8.48. The van der Waals surface area contributed by atoms with E-state index in [-0.39, 0.29) is 30.5 Å². The molecule has 0 radical (unpaired) electrons. The summed E-state index contributed by atoms with van der Waals surface area (Å²) in [5.41, 5.74) is 1.46. The molecule has 3 aliphatic carbocycles. The lowest BCUT2D eigenvalue weighted by atomic mass is 9.43. The largest absolute Gasteiger partial charge is 0.489 e. The SMILES string of the molecule is C=C(B1O[C@H]2C[C@H]3C[C@H](C3(C)C)[C@@]2(C)O1)[C@H]([C@H](CC)O[Si](C)(C)C)[Si](C)(C)c1ccccc1. The van der Waals surface area contributed by atoms with Gasteiger partial charge >= 0.3 is 7.12 Å². The molecule has 1 aromatic carbocycles. The third-order valence-corrected chi connectivity index (χ3v) is 14.4. The van der Waals surface area contributed by atoms with E-state index in [1.54, 1.807) is 0 Å². The van der Waals surface area contributed by atoms with Gasteiger partial charge in [0.25, 0.3) is 0 Å². The molecule has 33 heavy (non-hydrogen) atoms. The highest BCUT2D eigenvalue weighted by Crippen LogP contribution is 2.66. The summed E-state index contributed by atoms with van der Waals surface area (Å²) in [6.07, 6.45) is 3.67. The summed E-state index contributed by atoms with van der Waals surface area (Å²) >= 11 is 0. The van der Waals surface area contributed by atoms with E-state index >= 15 is 0 Å². The highest BCUT2D eigenvalue weighted by atomic mass is 28.4. The van der Waals surface area contributed by atoms with Crippen LogP contribution in [-0.4, -0.2) is 41.3 Å². The predicted molar refractivity (Wildman–Crippen MR) is 145 cm³/mol. The zero-order valence-electron chi connectivity index (χ0n) is 22.4. The van der Waals surface area contributed by atoms with E-state index in [0.717, 1.165) is 24.2 Å². The summed E-state index contributed by atoms with van der Waals surface area (Å²) in [6, 6.07) is 11.0. The van der Waals surface area contributed by atoms with Crippen LogP contribution in [0.5, 0.6) is 0 Å². The van der Waals surface area contributed by atoms with E-state index in [9.17, 15) is 0 Å². The summed E-state index contributed by atoms with van der Waals surface area (Å²) in [5.74, 6) is 1.31. The van der Waals surface area contributed by atoms with Crippen LogP contribution in [0.1, 0.15) is 47.0 Å². The first-order chi connectivity index (χ1) is 15.2. The second-order valence-electron chi connectivity index (χ2n) is 13.1. The standard InChI is InChI=1S/C27H45BO3Si2/c1-11-22(30-32(6,7)8)25(33(9,10)21-15-13-12-14-16-21)19(2)28-29-24-18-20-17-23(26(20,3)4)27(24,5)31-28/h12-16,20,22-25H,2,11,17-18H2,1,3-10H3/t20-,22+,23-,24+,25-,27-/m1/s1. The molecule has 1 aromatic rings. The van der Waals surface area contributed by atoms with Gasteiger partial charge in [0.1, 0.15) is 0 Å². The van der Waals surface area contributed by atoms with Crippen molar-refractivity contribution in [2.24, 2.45) is 17.3 Å². The number of hydrogen-bond donors (Lipinski definition) is 0. The molecule has 3 nitrogen and oxygen atoms in total. The van der Waals surface area contributed by atoms with Crippen LogP contribution in [-0.2, 0) is 13.7 Å². The van der Waals surface area contributed by atoms with Gasteiger partial charge in [-0.2, -0.15) is 0 Å². The molecule has 0 N–H and O–H groups in total. The zero-order valence-corrected chi connectivity index (χ0v) is 24.4. The Bertz CT molecular complexity index is 881. The highest BCUT2D eigenvalue weighted by Gasteiger charge is 2.68. The Hall–Kier alpha value is -0.661. The molecule has 4 aliphatic rings. The Morgan fingerprint density at radius 3 is 2.30 bits per heavy atom. The van der Waals surface area contributed by atoms with Gasteiger partial charge in [-0.15, -0.1) is 6.58 Å². The molecular weight excluding hydrogens is 439 g/mol. The monoisotopic (exact) mass is 484 g/mol. The fourth-order valence-corrected chi connectivity index (χ4v) is 12.3. The second-order valence-corrected chi connectivity index (χ2v) is 22.2. The Kier molecular flexibility index (Phi) is 6.53. The van der Waals surface area contributed by atoms with Crippen LogP contribution in [0.2, 0.25) is 38.3 Å². The van der Waals surface area contributed by atoms with E-state index < -0.39 is 16.4 Å². The van der Waals surface area contributed by atoms with Crippen LogP contribution in [0.15, 0.2) is 42.4 Å². The molecule has 0 aromatic heterocycles. The molecule has 4 fully saturated rings. The van der Waals surface area contributed by atoms with E-state index in [1.165, 1.54) is 11.6 Å². The van der Waals surface area contributed by atoms with Gasteiger partial charge in [0, 0.05) is 11.6 Å². The third kappa shape index (κ3) is 4.29. The van der Waals surface area contributed by atoms with Crippen LogP contribution in [0.4, 0.5) is 0 Å². The van der Waals surface area contributed by atoms with Crippen LogP contribution < -0.4 is 5.19 Å². The van der Waals surface area contributed by atoms with Crippen molar-refractivity contribution >= 4 is 28.7 Å². The maximum atomic E-state index is 6.89. The normalized spacial score (nSPS) is 32.6. The van der Waals surface area contributed by atoms with Crippen molar-refractivity contribution in [3.8, 4) is 0 Å². The zero-order chi connectivity index (χ0) is 24.4. The Labute approximate surface area is 205 Å². The van der Waals surface area contributed by atoms with Crippen molar-refractivity contribution < 1.29 is 13.7 Å². The van der Waals surface area contributed by atoms with Gasteiger partial charge in [0.15, 0.2) is 8.32 Å². The molecule has 6 heteroatoms. The van der Waals surface area contributed by atoms with Crippen LogP contribution >= 0.6 is 0 Å². The number of rotatable bonds is 8. The lowest BCUT2D eigenvalue weighted by Gasteiger charge is -2.64. The molecule has 3 saturated carbocycles. The summed E-state index contributed by atoms with van der Waals surface area (Å²) in [6.45, 7) is 25.9. The van der Waals surface area contributed by atoms with E-state index in [1.807, 2.05) is 0 Å². The first-order valence-electron chi connectivity index (χ1n) is 13.0. The van der Waals surface area contributed by atoms with Crippen molar-refractivity contribution in [3.63, 3.8) is 0 Å². The van der Waals surface area contributed by atoms with Crippen molar-refractivity contribution in [2.45, 2.75) is 103 Å². The summed E-state index contributed by atoms with van der Waals surface area (Å²) in [4.78, 5) is 0. The van der Waals surface area contributed by atoms with Gasteiger partial charge in [0.2, 0.25) is 0 Å². The predicted octanol–water partition coefficient (Wildman–Crippen LogP) is 6.43. The fourth-order valence-electron chi connectivity index (χ4n) is 7.23. The van der Waals surface area contributed by atoms with Gasteiger partial charge in [0.05, 0.1) is 19.8 Å². The van der Waals surface area contributed by atoms with Crippen LogP contribution in [0, 0.1) is 17.3 Å². The minimum Gasteiger partial charge on any atom is -0.414 e. The molecule has 6 atom stereocenters. The van der Waals surface area contributed by atoms with Crippen LogP contribution in [0.25, 0.3) is 0 Å². The van der Waals surface area contributed by atoms with Gasteiger partial charge in [-0.1, -0.05) is 69.4 Å². The molecule has 0 spiro atoms. The maximum absolute atomic E-state index is 6.89. The summed E-state index contributed by atoms with van der Waals surface area (Å²) < 4.78 is 20.5. The van der Waals surface area contributed by atoms with E-state index in [4.69, 9.17) is 20.3 Å². The van der Waals surface area contributed by atoms with Gasteiger partial charge in [-0.05, 0) is 68.6 Å². The number of hydrogen-bond acceptors (Lipinski definition) is 3. The fraction of sp³-hybridized carbons (Fsp3) is 0.704. The smallest absolute Gasteiger partial charge is 0.414 e. The first-order valence-corrected chi connectivity index (χ1v) is 19.5. The van der Waals surface area contributed by atoms with Crippen molar-refractivity contribution in [3.05, 3.63) is 42.4 Å². The third-order valence-electron chi connectivity index (χ3n) is 9.23. The topological polar surface area (TPSA) is 27.7 Å². The Balaban J connectivity index is 1.67.